The van der Waals surface area contributed by atoms with Crippen molar-refractivity contribution in [1.82, 2.24) is 10.9 Å². The number of benzene rings is 1. The third-order valence-electron chi connectivity index (χ3n) is 3.79. The second kappa shape index (κ2) is 6.04. The van der Waals surface area contributed by atoms with Crippen LogP contribution in [0.1, 0.15) is 18.4 Å². The second-order valence-electron chi connectivity index (χ2n) is 5.06. The van der Waals surface area contributed by atoms with E-state index in [1.165, 1.54) is 5.56 Å². The topological polar surface area (TPSA) is 71.7 Å². The second-order valence-corrected chi connectivity index (χ2v) is 5.06. The molecule has 2 rings (SSSR count). The molecule has 0 aliphatic heterocycles. The Kier molecular flexibility index (Phi) is 4.39. The molecule has 1 aromatic carbocycles. The van der Waals surface area contributed by atoms with Crippen molar-refractivity contribution in [1.29, 1.82) is 0 Å². The van der Waals surface area contributed by atoms with E-state index in [0.717, 1.165) is 25.1 Å². The molecule has 0 spiro atoms. The summed E-state index contributed by atoms with van der Waals surface area (Å²) in [4.78, 5) is 3.87. The highest BCUT2D eigenvalue weighted by atomic mass is 16.5. The number of hydrazine groups is 1. The minimum absolute atomic E-state index is 0.0879. The summed E-state index contributed by atoms with van der Waals surface area (Å²) in [5.74, 6) is 0. The van der Waals surface area contributed by atoms with Crippen molar-refractivity contribution in [2.45, 2.75) is 24.4 Å². The quantitative estimate of drug-likeness (QED) is 0.236. The zero-order valence-corrected chi connectivity index (χ0v) is 11.5. The van der Waals surface area contributed by atoms with Crippen LogP contribution in [0.3, 0.4) is 0 Å². The van der Waals surface area contributed by atoms with Gasteiger partial charge >= 0.3 is 0 Å². The average molecular weight is 262 g/mol. The van der Waals surface area contributed by atoms with Crippen molar-refractivity contribution in [3.63, 3.8) is 0 Å². The number of nitrogens with one attached hydrogen (secondary N) is 2. The molecule has 1 aromatic rings. The molecule has 1 aliphatic carbocycles. The van der Waals surface area contributed by atoms with Gasteiger partial charge in [0.15, 0.2) is 0 Å². The summed E-state index contributed by atoms with van der Waals surface area (Å²) in [7, 11) is 3.50. The Morgan fingerprint density at radius 1 is 1.53 bits per heavy atom. The average Bonchev–Trinajstić information content (AvgIpc) is 2.37. The number of anilines is 1. The summed E-state index contributed by atoms with van der Waals surface area (Å²) in [6.45, 7) is 0.822. The van der Waals surface area contributed by atoms with E-state index in [1.54, 1.807) is 20.5 Å². The van der Waals surface area contributed by atoms with Gasteiger partial charge < -0.3 is 15.9 Å². The summed E-state index contributed by atoms with van der Waals surface area (Å²) in [6, 6.07) is 8.12. The van der Waals surface area contributed by atoms with Gasteiger partial charge in [0.25, 0.3) is 0 Å². The van der Waals surface area contributed by atoms with Gasteiger partial charge in [-0.1, -0.05) is 12.1 Å². The molecule has 104 valence electrons. The lowest BCUT2D eigenvalue weighted by Crippen LogP contribution is -2.54. The van der Waals surface area contributed by atoms with Gasteiger partial charge in [-0.3, -0.25) is 4.99 Å². The highest BCUT2D eigenvalue weighted by Crippen LogP contribution is 2.45. The maximum Gasteiger partial charge on any atom is 0.0962 e. The fraction of sp³-hybridized carbons (Fsp3) is 0.500. The van der Waals surface area contributed by atoms with Crippen molar-refractivity contribution in [3.8, 4) is 0 Å². The lowest BCUT2D eigenvalue weighted by Gasteiger charge is -2.47. The smallest absolute Gasteiger partial charge is 0.0962 e. The Morgan fingerprint density at radius 3 is 2.95 bits per heavy atom. The van der Waals surface area contributed by atoms with Crippen LogP contribution in [0.15, 0.2) is 29.3 Å². The van der Waals surface area contributed by atoms with Crippen LogP contribution < -0.4 is 16.6 Å². The SMILES string of the molecule is CN=CNNCC1(c2cccc(N)c2)CC(OC)C1. The fourth-order valence-electron chi connectivity index (χ4n) is 2.66. The molecule has 1 fully saturated rings. The first-order chi connectivity index (χ1) is 9.20. The Labute approximate surface area is 114 Å². The van der Waals surface area contributed by atoms with Gasteiger partial charge in [0, 0.05) is 31.8 Å². The maximum atomic E-state index is 5.89. The van der Waals surface area contributed by atoms with Crippen LogP contribution >= 0.6 is 0 Å². The number of ether oxygens (including phenoxy) is 1. The molecule has 1 saturated carbocycles. The number of hydrogen-bond acceptors (Lipinski definition) is 4. The Hall–Kier alpha value is -1.59. The predicted molar refractivity (Wildman–Crippen MR) is 78.1 cm³/mol. The molecule has 0 saturated heterocycles. The van der Waals surface area contributed by atoms with Gasteiger partial charge in [0.2, 0.25) is 0 Å². The zero-order chi connectivity index (χ0) is 13.7. The molecule has 0 amide bonds. The molecule has 19 heavy (non-hydrogen) atoms. The Balaban J connectivity index is 2.07. The standard InChI is InChI=1S/C14H22N4O/c1-16-10-18-17-9-14(7-13(8-14)19-2)11-4-3-5-12(15)6-11/h3-6,10,13,17H,7-9,15H2,1-2H3,(H,16,18). The van der Waals surface area contributed by atoms with Crippen LogP contribution in [0, 0.1) is 0 Å². The first-order valence-corrected chi connectivity index (χ1v) is 6.48. The molecule has 0 bridgehead atoms. The Bertz CT molecular complexity index is 441. The predicted octanol–water partition coefficient (Wildman–Crippen LogP) is 1.07. The highest BCUT2D eigenvalue weighted by molar-refractivity contribution is 5.53. The fourth-order valence-corrected chi connectivity index (χ4v) is 2.66. The third kappa shape index (κ3) is 3.05. The van der Waals surface area contributed by atoms with Gasteiger partial charge in [-0.25, -0.2) is 5.43 Å². The molecule has 0 atom stereocenters. The zero-order valence-electron chi connectivity index (χ0n) is 11.5. The number of nitrogen functional groups attached to an aromatic ring is 1. The molecular formula is C14H22N4O. The van der Waals surface area contributed by atoms with Crippen molar-refractivity contribution >= 4 is 12.0 Å². The molecule has 5 heteroatoms. The van der Waals surface area contributed by atoms with Crippen LogP contribution in [0.4, 0.5) is 5.69 Å². The van der Waals surface area contributed by atoms with Crippen LogP contribution in [0.25, 0.3) is 0 Å². The van der Waals surface area contributed by atoms with E-state index in [4.69, 9.17) is 10.5 Å². The van der Waals surface area contributed by atoms with Crippen molar-refractivity contribution < 1.29 is 4.74 Å². The van der Waals surface area contributed by atoms with Crippen LogP contribution in [0.2, 0.25) is 0 Å². The van der Waals surface area contributed by atoms with E-state index in [-0.39, 0.29) is 5.41 Å². The molecule has 0 heterocycles. The highest BCUT2D eigenvalue weighted by Gasteiger charge is 2.45. The molecule has 0 aromatic heterocycles. The van der Waals surface area contributed by atoms with Crippen LogP contribution in [-0.2, 0) is 10.2 Å². The third-order valence-corrected chi connectivity index (χ3v) is 3.79. The first-order valence-electron chi connectivity index (χ1n) is 6.48. The molecule has 0 unspecified atom stereocenters. The number of methoxy groups -OCH3 is 1. The van der Waals surface area contributed by atoms with Crippen molar-refractivity contribution in [3.05, 3.63) is 29.8 Å². The largest absolute Gasteiger partial charge is 0.399 e. The molecule has 4 N–H and O–H groups in total. The number of aliphatic imine (C=N–C) groups is 1. The minimum atomic E-state index is 0.0879. The minimum Gasteiger partial charge on any atom is -0.399 e. The number of nitrogens with zero attached hydrogens (tertiary/aromatic N) is 1. The summed E-state index contributed by atoms with van der Waals surface area (Å²) in [5, 5.41) is 0. The lowest BCUT2D eigenvalue weighted by molar-refractivity contribution is -0.0186. The van der Waals surface area contributed by atoms with E-state index in [1.807, 2.05) is 12.1 Å². The Morgan fingerprint density at radius 2 is 2.32 bits per heavy atom. The van der Waals surface area contributed by atoms with E-state index < -0.39 is 0 Å². The van der Waals surface area contributed by atoms with Crippen molar-refractivity contribution in [2.24, 2.45) is 4.99 Å². The van der Waals surface area contributed by atoms with Gasteiger partial charge in [0.05, 0.1) is 12.4 Å². The molecule has 1 aliphatic rings. The van der Waals surface area contributed by atoms with Crippen molar-refractivity contribution in [2.75, 3.05) is 26.4 Å². The van der Waals surface area contributed by atoms with Crippen LogP contribution in [0.5, 0.6) is 0 Å². The lowest BCUT2D eigenvalue weighted by atomic mass is 9.62. The summed E-state index contributed by atoms with van der Waals surface area (Å²) in [6.07, 6.45) is 3.98. The van der Waals surface area contributed by atoms with E-state index in [2.05, 4.69) is 28.0 Å². The van der Waals surface area contributed by atoms with Gasteiger partial charge in [-0.2, -0.15) is 0 Å². The number of hydrogen-bond donors (Lipinski definition) is 3. The molecule has 0 radical (unpaired) electrons. The maximum absolute atomic E-state index is 5.89. The number of rotatable bonds is 6. The van der Waals surface area contributed by atoms with E-state index >= 15 is 0 Å². The normalized spacial score (nSPS) is 26.3. The van der Waals surface area contributed by atoms with Gasteiger partial charge in [0.1, 0.15) is 0 Å². The van der Waals surface area contributed by atoms with E-state index in [0.29, 0.717) is 6.10 Å². The summed E-state index contributed by atoms with van der Waals surface area (Å²) >= 11 is 0. The monoisotopic (exact) mass is 262 g/mol. The molecular weight excluding hydrogens is 240 g/mol. The first kappa shape index (κ1) is 13.8. The van der Waals surface area contributed by atoms with E-state index in [9.17, 15) is 0 Å². The molecule has 5 nitrogen and oxygen atoms in total. The van der Waals surface area contributed by atoms with Gasteiger partial charge in [-0.15, -0.1) is 0 Å². The number of nitrogens with two attached hydrogens (primary N) is 1. The van der Waals surface area contributed by atoms with Crippen LogP contribution in [-0.4, -0.2) is 33.1 Å². The summed E-state index contributed by atoms with van der Waals surface area (Å²) in [5.41, 5.74) is 14.2. The van der Waals surface area contributed by atoms with Gasteiger partial charge in [-0.05, 0) is 30.5 Å². The summed E-state index contributed by atoms with van der Waals surface area (Å²) < 4.78 is 5.41.